The Bertz CT molecular complexity index is 1890. The number of rotatable bonds is 7. The summed E-state index contributed by atoms with van der Waals surface area (Å²) in [5, 5.41) is 4.24. The molecule has 0 nitrogen and oxygen atoms in total. The summed E-state index contributed by atoms with van der Waals surface area (Å²) in [4.78, 5) is 0. The van der Waals surface area contributed by atoms with E-state index in [-0.39, 0.29) is 23.3 Å². The minimum absolute atomic E-state index is 0.290. The molecule has 0 N–H and O–H groups in total. The molecule has 0 saturated heterocycles. The zero-order valence-electron chi connectivity index (χ0n) is 25.2. The van der Waals surface area contributed by atoms with E-state index in [1.165, 1.54) is 48.5 Å². The van der Waals surface area contributed by atoms with Gasteiger partial charge in [0.1, 0.15) is 23.3 Å². The van der Waals surface area contributed by atoms with Crippen LogP contribution in [0.1, 0.15) is 0 Å². The molecule has 228 valence electrons. The maximum absolute atomic E-state index is 14.4. The highest BCUT2D eigenvalue weighted by atomic mass is 28.3. The van der Waals surface area contributed by atoms with Crippen molar-refractivity contribution in [1.29, 1.82) is 0 Å². The summed E-state index contributed by atoms with van der Waals surface area (Å²) in [5.41, 5.74) is 5.56. The predicted octanol–water partition coefficient (Wildman–Crippen LogP) is 8.62. The van der Waals surface area contributed by atoms with Gasteiger partial charge in [-0.1, -0.05) is 121 Å². The van der Waals surface area contributed by atoms with Crippen molar-refractivity contribution in [3.63, 3.8) is 0 Å². The average Bonchev–Trinajstić information content (AvgIpc) is 3.11. The van der Waals surface area contributed by atoms with E-state index >= 15 is 0 Å². The summed E-state index contributed by atoms with van der Waals surface area (Å²) in [6.07, 6.45) is 0. The van der Waals surface area contributed by atoms with Gasteiger partial charge in [-0.05, 0) is 103 Å². The third kappa shape index (κ3) is 5.94. The third-order valence-electron chi connectivity index (χ3n) is 8.76. The van der Waals surface area contributed by atoms with Crippen molar-refractivity contribution in [2.75, 3.05) is 0 Å². The van der Waals surface area contributed by atoms with Crippen molar-refractivity contribution in [3.8, 4) is 33.4 Å². The monoisotopic (exact) mass is 636 g/mol. The van der Waals surface area contributed by atoms with Gasteiger partial charge in [-0.3, -0.25) is 0 Å². The molecule has 0 aromatic heterocycles. The van der Waals surface area contributed by atoms with Crippen molar-refractivity contribution in [2.45, 2.75) is 0 Å². The minimum Gasteiger partial charge on any atom is -0.207 e. The van der Waals surface area contributed by atoms with E-state index in [4.69, 9.17) is 0 Å². The van der Waals surface area contributed by atoms with Gasteiger partial charge in [0.2, 0.25) is 0 Å². The molecule has 0 aliphatic rings. The van der Waals surface area contributed by atoms with Crippen molar-refractivity contribution in [1.82, 2.24) is 0 Å². The molecule has 0 atom stereocenters. The lowest BCUT2D eigenvalue weighted by Crippen LogP contribution is -2.74. The van der Waals surface area contributed by atoms with E-state index in [0.717, 1.165) is 54.1 Å². The molecule has 0 amide bonds. The van der Waals surface area contributed by atoms with Crippen LogP contribution >= 0.6 is 0 Å². The van der Waals surface area contributed by atoms with Crippen LogP contribution in [0.5, 0.6) is 0 Å². The molecular weight excluding hydrogens is 609 g/mol. The maximum Gasteiger partial charge on any atom is 0.179 e. The molecule has 0 aliphatic heterocycles. The van der Waals surface area contributed by atoms with Gasteiger partial charge in [0, 0.05) is 0 Å². The first-order chi connectivity index (χ1) is 22.9. The van der Waals surface area contributed by atoms with Gasteiger partial charge in [-0.15, -0.1) is 0 Å². The first kappa shape index (κ1) is 30.1. The molecule has 0 spiro atoms. The summed E-state index contributed by atoms with van der Waals surface area (Å²) in [7, 11) is -3.07. The highest BCUT2D eigenvalue weighted by Crippen LogP contribution is 2.24. The van der Waals surface area contributed by atoms with Crippen molar-refractivity contribution < 1.29 is 17.6 Å². The van der Waals surface area contributed by atoms with E-state index in [0.29, 0.717) is 0 Å². The Morgan fingerprint density at radius 2 is 0.362 bits per heavy atom. The van der Waals surface area contributed by atoms with Gasteiger partial charge in [-0.2, -0.15) is 0 Å². The molecule has 7 aromatic rings. The van der Waals surface area contributed by atoms with Crippen LogP contribution < -0.4 is 20.7 Å². The van der Waals surface area contributed by atoms with Crippen molar-refractivity contribution >= 4 is 28.8 Å². The number of halogens is 4. The predicted molar refractivity (Wildman–Crippen MR) is 186 cm³/mol. The highest BCUT2D eigenvalue weighted by molar-refractivity contribution is 7.19. The smallest absolute Gasteiger partial charge is 0.179 e. The van der Waals surface area contributed by atoms with Gasteiger partial charge < -0.3 is 0 Å². The fourth-order valence-electron chi connectivity index (χ4n) is 6.36. The summed E-state index contributed by atoms with van der Waals surface area (Å²) < 4.78 is 55.4. The van der Waals surface area contributed by atoms with Crippen molar-refractivity contribution in [2.24, 2.45) is 0 Å². The maximum atomic E-state index is 14.4. The first-order valence-electron chi connectivity index (χ1n) is 15.3. The Hall–Kier alpha value is -5.52. The molecule has 0 radical (unpaired) electrons. The van der Waals surface area contributed by atoms with Gasteiger partial charge in [0.15, 0.2) is 8.07 Å². The van der Waals surface area contributed by atoms with E-state index in [9.17, 15) is 17.6 Å². The molecule has 0 fully saturated rings. The quantitative estimate of drug-likeness (QED) is 0.0934. The summed E-state index contributed by atoms with van der Waals surface area (Å²) >= 11 is 0. The first-order valence-corrected chi connectivity index (χ1v) is 17.3. The summed E-state index contributed by atoms with van der Waals surface area (Å²) in [6, 6.07) is 51.0. The van der Waals surface area contributed by atoms with Crippen LogP contribution in [0.4, 0.5) is 17.6 Å². The van der Waals surface area contributed by atoms with Gasteiger partial charge in [0.25, 0.3) is 0 Å². The van der Waals surface area contributed by atoms with Crippen LogP contribution in [-0.2, 0) is 0 Å². The molecule has 5 heteroatoms. The SMILES string of the molecule is Fc1ccc(-c2ccc([Si](c3ccc(F)cc3)(c3ccc(-c4ccc(F)cc4)cc3)c3ccc(-c4ccc(F)cc4)cc3)cc2)cc1. The molecule has 0 bridgehead atoms. The standard InChI is InChI=1S/C42H28F4Si/c43-35-13-1-29(2-14-35)32-7-21-39(22-8-32)47(42-27-19-38(46)20-28-42,40-23-9-33(10-24-40)30-3-15-36(44)16-4-30)41-25-11-34(12-26-41)31-5-17-37(45)18-6-31/h1-28H. The Balaban J connectivity index is 1.43. The molecule has 0 unspecified atom stereocenters. The summed E-state index contributed by atoms with van der Waals surface area (Å²) in [6.45, 7) is 0. The Morgan fingerprint density at radius 1 is 0.213 bits per heavy atom. The topological polar surface area (TPSA) is 0 Å². The van der Waals surface area contributed by atoms with Gasteiger partial charge in [0.05, 0.1) is 0 Å². The molecule has 0 aliphatic carbocycles. The molecular formula is C42H28F4Si. The van der Waals surface area contributed by atoms with Crippen LogP contribution in [0.25, 0.3) is 33.4 Å². The zero-order chi connectivity index (χ0) is 32.4. The van der Waals surface area contributed by atoms with Crippen LogP contribution in [0.15, 0.2) is 170 Å². The highest BCUT2D eigenvalue weighted by Gasteiger charge is 2.41. The Kier molecular flexibility index (Phi) is 8.15. The van der Waals surface area contributed by atoms with Crippen LogP contribution in [0.2, 0.25) is 0 Å². The van der Waals surface area contributed by atoms with Crippen molar-refractivity contribution in [3.05, 3.63) is 193 Å². The van der Waals surface area contributed by atoms with Crippen LogP contribution in [-0.4, -0.2) is 8.07 Å². The molecule has 47 heavy (non-hydrogen) atoms. The molecule has 0 saturated carbocycles. The van der Waals surface area contributed by atoms with Gasteiger partial charge >= 0.3 is 0 Å². The second kappa shape index (κ2) is 12.7. The van der Waals surface area contributed by atoms with Gasteiger partial charge in [-0.25, -0.2) is 17.6 Å². The molecule has 7 aromatic carbocycles. The minimum atomic E-state index is -3.07. The number of hydrogen-bond donors (Lipinski definition) is 0. The van der Waals surface area contributed by atoms with Crippen LogP contribution in [0.3, 0.4) is 0 Å². The number of hydrogen-bond acceptors (Lipinski definition) is 0. The van der Waals surface area contributed by atoms with E-state index in [1.807, 2.05) is 48.5 Å². The molecule has 0 heterocycles. The Labute approximate surface area is 272 Å². The number of benzene rings is 7. The normalized spacial score (nSPS) is 11.4. The van der Waals surface area contributed by atoms with E-state index in [1.54, 1.807) is 36.4 Å². The summed E-state index contributed by atoms with van der Waals surface area (Å²) in [5.74, 6) is -1.19. The van der Waals surface area contributed by atoms with E-state index < -0.39 is 8.07 Å². The Morgan fingerprint density at radius 3 is 0.574 bits per heavy atom. The average molecular weight is 637 g/mol. The lowest BCUT2D eigenvalue weighted by atomic mass is 10.1. The van der Waals surface area contributed by atoms with Crippen LogP contribution in [0, 0.1) is 23.3 Å². The largest absolute Gasteiger partial charge is 0.207 e. The second-order valence-corrected chi connectivity index (χ2v) is 15.3. The fraction of sp³-hybridized carbons (Fsp3) is 0. The molecule has 7 rings (SSSR count). The third-order valence-corrected chi connectivity index (χ3v) is 13.6. The zero-order valence-corrected chi connectivity index (χ0v) is 26.2. The lowest BCUT2D eigenvalue weighted by molar-refractivity contribution is 0.627. The van der Waals surface area contributed by atoms with E-state index in [2.05, 4.69) is 36.4 Å². The lowest BCUT2D eigenvalue weighted by Gasteiger charge is -2.35. The fourth-order valence-corrected chi connectivity index (χ4v) is 11.0. The second-order valence-electron chi connectivity index (χ2n) is 11.5.